The van der Waals surface area contributed by atoms with Gasteiger partial charge in [0.05, 0.1) is 0 Å². The Balaban J connectivity index is 2.78. The van der Waals surface area contributed by atoms with Crippen molar-refractivity contribution in [3.8, 4) is 0 Å². The molecule has 0 heterocycles. The van der Waals surface area contributed by atoms with E-state index in [1.807, 2.05) is 0 Å². The molecule has 0 saturated heterocycles. The largest absolute Gasteiger partial charge is 0.0995 e. The van der Waals surface area contributed by atoms with E-state index in [1.54, 1.807) is 0 Å². The molecule has 2 heteroatoms. The number of rotatable bonds is 11. The van der Waals surface area contributed by atoms with Crippen molar-refractivity contribution in [2.45, 2.75) is 65.2 Å². The highest BCUT2D eigenvalue weighted by atomic mass is 32.0. The molecule has 0 saturated carbocycles. The van der Waals surface area contributed by atoms with Crippen LogP contribution in [0.15, 0.2) is 0 Å². The lowest BCUT2D eigenvalue weighted by Gasteiger charge is -2.01. The summed E-state index contributed by atoms with van der Waals surface area (Å²) in [7, 11) is 2.53. The molecule has 0 radical (unpaired) electrons. The Labute approximate surface area is 94.5 Å². The minimum absolute atomic E-state index is 1.25. The van der Waals surface area contributed by atoms with Crippen LogP contribution in [0.2, 0.25) is 0 Å². The summed E-state index contributed by atoms with van der Waals surface area (Å²) >= 11 is 0. The first-order valence-corrected chi connectivity index (χ1v) is 9.79. The van der Waals surface area contributed by atoms with Gasteiger partial charge >= 0.3 is 0 Å². The van der Waals surface area contributed by atoms with E-state index in [1.165, 1.54) is 80.2 Å². The second kappa shape index (κ2) is 13.9. The fourth-order valence-corrected chi connectivity index (χ4v) is 4.22. The standard InChI is InChI=1S/C12H28P2/c1-3-5-6-7-8-9-10-11-12-14-13-4-2/h13-14H,3-12H2,1-2H3. The van der Waals surface area contributed by atoms with Gasteiger partial charge in [0.2, 0.25) is 0 Å². The zero-order chi connectivity index (χ0) is 10.5. The van der Waals surface area contributed by atoms with Crippen molar-refractivity contribution < 1.29 is 0 Å². The van der Waals surface area contributed by atoms with Gasteiger partial charge in [-0.3, -0.25) is 0 Å². The Kier molecular flexibility index (Phi) is 14.7. The van der Waals surface area contributed by atoms with Crippen LogP contribution in [0.5, 0.6) is 0 Å². The third-order valence-corrected chi connectivity index (χ3v) is 6.22. The third kappa shape index (κ3) is 12.9. The lowest BCUT2D eigenvalue weighted by molar-refractivity contribution is 0.586. The molecule has 0 amide bonds. The van der Waals surface area contributed by atoms with E-state index in [0.717, 1.165) is 0 Å². The second-order valence-electron chi connectivity index (χ2n) is 3.93. The maximum atomic E-state index is 2.30. The first kappa shape index (κ1) is 14.9. The summed E-state index contributed by atoms with van der Waals surface area (Å²) in [5.74, 6) is 0. The van der Waals surface area contributed by atoms with Crippen LogP contribution in [-0.4, -0.2) is 12.3 Å². The summed E-state index contributed by atoms with van der Waals surface area (Å²) in [6, 6.07) is 0. The van der Waals surface area contributed by atoms with Gasteiger partial charge in [0, 0.05) is 0 Å². The van der Waals surface area contributed by atoms with Crippen molar-refractivity contribution in [2.75, 3.05) is 12.3 Å². The monoisotopic (exact) mass is 234 g/mol. The summed E-state index contributed by atoms with van der Waals surface area (Å²) in [5.41, 5.74) is 0. The molecule has 0 bridgehead atoms. The molecule has 0 nitrogen and oxygen atoms in total. The highest BCUT2D eigenvalue weighted by Crippen LogP contribution is 2.36. The van der Waals surface area contributed by atoms with Crippen molar-refractivity contribution in [1.82, 2.24) is 0 Å². The zero-order valence-electron chi connectivity index (χ0n) is 10.1. The minimum atomic E-state index is 1.25. The van der Waals surface area contributed by atoms with Gasteiger partial charge < -0.3 is 0 Å². The van der Waals surface area contributed by atoms with Crippen molar-refractivity contribution in [3.63, 3.8) is 0 Å². The minimum Gasteiger partial charge on any atom is -0.0995 e. The zero-order valence-corrected chi connectivity index (χ0v) is 12.1. The van der Waals surface area contributed by atoms with Crippen LogP contribution < -0.4 is 0 Å². The van der Waals surface area contributed by atoms with Gasteiger partial charge in [-0.15, -0.1) is 0 Å². The topological polar surface area (TPSA) is 0 Å². The summed E-state index contributed by atoms with van der Waals surface area (Å²) in [5, 5.41) is 0. The molecular weight excluding hydrogens is 206 g/mol. The predicted molar refractivity (Wildman–Crippen MR) is 74.6 cm³/mol. The Hall–Kier alpha value is 0.860. The molecule has 0 aliphatic rings. The molecule has 86 valence electrons. The van der Waals surface area contributed by atoms with Crippen LogP contribution in [0.1, 0.15) is 65.2 Å². The first-order valence-electron chi connectivity index (χ1n) is 6.37. The van der Waals surface area contributed by atoms with Gasteiger partial charge in [-0.1, -0.05) is 75.3 Å². The van der Waals surface area contributed by atoms with E-state index in [9.17, 15) is 0 Å². The van der Waals surface area contributed by atoms with Crippen molar-refractivity contribution in [1.29, 1.82) is 0 Å². The lowest BCUT2D eigenvalue weighted by atomic mass is 10.1. The summed E-state index contributed by atoms with van der Waals surface area (Å²) in [6.07, 6.45) is 14.7. The molecule has 0 aromatic heterocycles. The van der Waals surface area contributed by atoms with Crippen LogP contribution >= 0.6 is 16.5 Å². The van der Waals surface area contributed by atoms with Crippen LogP contribution in [0.4, 0.5) is 0 Å². The van der Waals surface area contributed by atoms with Crippen LogP contribution in [-0.2, 0) is 0 Å². The molecule has 14 heavy (non-hydrogen) atoms. The third-order valence-electron chi connectivity index (χ3n) is 2.46. The summed E-state index contributed by atoms with van der Waals surface area (Å²) < 4.78 is 0. The average Bonchev–Trinajstić information content (AvgIpc) is 2.21. The van der Waals surface area contributed by atoms with Crippen molar-refractivity contribution in [3.05, 3.63) is 0 Å². The molecular formula is C12H28P2. The van der Waals surface area contributed by atoms with Crippen LogP contribution in [0.25, 0.3) is 0 Å². The maximum absolute atomic E-state index is 2.30. The molecule has 0 fully saturated rings. The smallest absolute Gasteiger partial charge is 0.0317 e. The van der Waals surface area contributed by atoms with E-state index in [4.69, 9.17) is 0 Å². The molecule has 0 aliphatic carbocycles. The molecule has 0 aliphatic heterocycles. The highest BCUT2D eigenvalue weighted by molar-refractivity contribution is 8.11. The molecule has 0 N–H and O–H groups in total. The van der Waals surface area contributed by atoms with Crippen LogP contribution in [0, 0.1) is 0 Å². The van der Waals surface area contributed by atoms with E-state index < -0.39 is 0 Å². The van der Waals surface area contributed by atoms with E-state index in [-0.39, 0.29) is 0 Å². The van der Waals surface area contributed by atoms with E-state index >= 15 is 0 Å². The lowest BCUT2D eigenvalue weighted by Crippen LogP contribution is -1.81. The van der Waals surface area contributed by atoms with E-state index in [2.05, 4.69) is 13.8 Å². The Morgan fingerprint density at radius 2 is 1.21 bits per heavy atom. The maximum Gasteiger partial charge on any atom is -0.0317 e. The van der Waals surface area contributed by atoms with Gasteiger partial charge in [-0.2, -0.15) is 0 Å². The Bertz CT molecular complexity index is 82.3. The number of hydrogen-bond donors (Lipinski definition) is 0. The Morgan fingerprint density at radius 3 is 1.79 bits per heavy atom. The summed E-state index contributed by atoms with van der Waals surface area (Å²) in [4.78, 5) is 0. The van der Waals surface area contributed by atoms with Gasteiger partial charge in [-0.05, 0) is 18.7 Å². The van der Waals surface area contributed by atoms with Gasteiger partial charge in [0.15, 0.2) is 0 Å². The normalized spacial score (nSPS) is 12.4. The van der Waals surface area contributed by atoms with Gasteiger partial charge in [0.25, 0.3) is 0 Å². The van der Waals surface area contributed by atoms with Crippen molar-refractivity contribution in [2.24, 2.45) is 0 Å². The molecule has 2 atom stereocenters. The Morgan fingerprint density at radius 1 is 0.643 bits per heavy atom. The average molecular weight is 234 g/mol. The quantitative estimate of drug-likeness (QED) is 0.331. The summed E-state index contributed by atoms with van der Waals surface area (Å²) in [6.45, 7) is 4.59. The van der Waals surface area contributed by atoms with Gasteiger partial charge in [0.1, 0.15) is 0 Å². The van der Waals surface area contributed by atoms with Crippen molar-refractivity contribution >= 4 is 16.5 Å². The fourth-order valence-electron chi connectivity index (χ4n) is 1.56. The molecule has 2 unspecified atom stereocenters. The second-order valence-corrected chi connectivity index (χ2v) is 7.97. The first-order chi connectivity index (χ1) is 6.91. The van der Waals surface area contributed by atoms with Crippen LogP contribution in [0.3, 0.4) is 0 Å². The fraction of sp³-hybridized carbons (Fsp3) is 1.00. The molecule has 0 aromatic carbocycles. The SMILES string of the molecule is CCCCCCCCCCPPCC. The molecule has 0 spiro atoms. The van der Waals surface area contributed by atoms with Gasteiger partial charge in [-0.25, -0.2) is 0 Å². The number of unbranched alkanes of at least 4 members (excludes halogenated alkanes) is 7. The number of hydrogen-bond acceptors (Lipinski definition) is 0. The molecule has 0 aromatic rings. The highest BCUT2D eigenvalue weighted by Gasteiger charge is 1.91. The molecule has 0 rings (SSSR count). The van der Waals surface area contributed by atoms with E-state index in [0.29, 0.717) is 0 Å². The predicted octanol–water partition coefficient (Wildman–Crippen LogP) is 5.42.